The maximum Gasteiger partial charge on any atom is 0.243 e. The molecule has 4 nitrogen and oxygen atoms in total. The average molecular weight is 223 g/mol. The SMILES string of the molecule is CC[C@@H](N)c1nc(C2CCC(C)CC2)no1. The fourth-order valence-electron chi connectivity index (χ4n) is 2.26. The highest BCUT2D eigenvalue weighted by molar-refractivity contribution is 4.99. The summed E-state index contributed by atoms with van der Waals surface area (Å²) in [5.41, 5.74) is 5.86. The van der Waals surface area contributed by atoms with Crippen molar-refractivity contribution in [3.8, 4) is 0 Å². The molecular formula is C12H21N3O. The topological polar surface area (TPSA) is 64.9 Å². The first-order chi connectivity index (χ1) is 7.70. The molecule has 2 N–H and O–H groups in total. The van der Waals surface area contributed by atoms with E-state index in [1.54, 1.807) is 0 Å². The van der Waals surface area contributed by atoms with Crippen LogP contribution < -0.4 is 5.73 Å². The first-order valence-electron chi connectivity index (χ1n) is 6.29. The summed E-state index contributed by atoms with van der Waals surface area (Å²) in [6.45, 7) is 4.34. The zero-order valence-electron chi connectivity index (χ0n) is 10.1. The van der Waals surface area contributed by atoms with Crippen molar-refractivity contribution in [1.29, 1.82) is 0 Å². The van der Waals surface area contributed by atoms with Gasteiger partial charge in [-0.2, -0.15) is 4.98 Å². The second-order valence-electron chi connectivity index (χ2n) is 4.96. The van der Waals surface area contributed by atoms with Gasteiger partial charge in [-0.05, 0) is 25.2 Å². The summed E-state index contributed by atoms with van der Waals surface area (Å²) in [4.78, 5) is 4.43. The van der Waals surface area contributed by atoms with Gasteiger partial charge in [0.2, 0.25) is 5.89 Å². The van der Waals surface area contributed by atoms with Gasteiger partial charge in [0, 0.05) is 5.92 Å². The van der Waals surface area contributed by atoms with E-state index < -0.39 is 0 Å². The van der Waals surface area contributed by atoms with Crippen LogP contribution in [0.15, 0.2) is 4.52 Å². The zero-order valence-corrected chi connectivity index (χ0v) is 10.1. The van der Waals surface area contributed by atoms with E-state index in [0.717, 1.165) is 18.2 Å². The molecule has 1 saturated carbocycles. The third kappa shape index (κ3) is 2.43. The van der Waals surface area contributed by atoms with E-state index in [1.807, 2.05) is 6.92 Å². The van der Waals surface area contributed by atoms with Crippen molar-refractivity contribution >= 4 is 0 Å². The summed E-state index contributed by atoms with van der Waals surface area (Å²) in [6, 6.07) is -0.108. The van der Waals surface area contributed by atoms with Crippen molar-refractivity contribution in [2.45, 2.75) is 57.9 Å². The van der Waals surface area contributed by atoms with Gasteiger partial charge in [-0.25, -0.2) is 0 Å². The van der Waals surface area contributed by atoms with Crippen LogP contribution in [-0.4, -0.2) is 10.1 Å². The Labute approximate surface area is 96.6 Å². The lowest BCUT2D eigenvalue weighted by Gasteiger charge is -2.23. The number of hydrogen-bond donors (Lipinski definition) is 1. The van der Waals surface area contributed by atoms with E-state index >= 15 is 0 Å². The van der Waals surface area contributed by atoms with Crippen LogP contribution >= 0.6 is 0 Å². The Morgan fingerprint density at radius 1 is 1.38 bits per heavy atom. The first-order valence-corrected chi connectivity index (χ1v) is 6.29. The molecule has 0 aliphatic heterocycles. The molecule has 0 saturated heterocycles. The minimum Gasteiger partial charge on any atom is -0.338 e. The maximum absolute atomic E-state index is 5.86. The molecule has 1 atom stereocenters. The van der Waals surface area contributed by atoms with Crippen LogP contribution in [0.5, 0.6) is 0 Å². The largest absolute Gasteiger partial charge is 0.338 e. The van der Waals surface area contributed by atoms with Gasteiger partial charge in [0.1, 0.15) is 0 Å². The molecule has 1 aliphatic rings. The third-order valence-corrected chi connectivity index (χ3v) is 3.60. The normalized spacial score (nSPS) is 27.9. The fourth-order valence-corrected chi connectivity index (χ4v) is 2.26. The lowest BCUT2D eigenvalue weighted by atomic mass is 9.83. The van der Waals surface area contributed by atoms with Gasteiger partial charge in [0.15, 0.2) is 5.82 Å². The van der Waals surface area contributed by atoms with Crippen molar-refractivity contribution in [2.24, 2.45) is 11.7 Å². The quantitative estimate of drug-likeness (QED) is 0.855. The molecule has 0 unspecified atom stereocenters. The van der Waals surface area contributed by atoms with Crippen molar-refractivity contribution in [2.75, 3.05) is 0 Å². The molecule has 2 rings (SSSR count). The van der Waals surface area contributed by atoms with Crippen LogP contribution in [0.4, 0.5) is 0 Å². The van der Waals surface area contributed by atoms with Gasteiger partial charge < -0.3 is 10.3 Å². The van der Waals surface area contributed by atoms with E-state index in [0.29, 0.717) is 11.8 Å². The summed E-state index contributed by atoms with van der Waals surface area (Å²) >= 11 is 0. The highest BCUT2D eigenvalue weighted by atomic mass is 16.5. The molecule has 90 valence electrons. The van der Waals surface area contributed by atoms with Crippen LogP contribution in [-0.2, 0) is 0 Å². The van der Waals surface area contributed by atoms with E-state index in [4.69, 9.17) is 10.3 Å². The maximum atomic E-state index is 5.86. The van der Waals surface area contributed by atoms with E-state index in [9.17, 15) is 0 Å². The molecule has 0 aromatic carbocycles. The molecule has 1 aromatic rings. The highest BCUT2D eigenvalue weighted by Gasteiger charge is 2.24. The predicted octanol–water partition coefficient (Wildman–Crippen LogP) is 2.77. The van der Waals surface area contributed by atoms with Crippen molar-refractivity contribution < 1.29 is 4.52 Å². The van der Waals surface area contributed by atoms with Crippen molar-refractivity contribution in [3.63, 3.8) is 0 Å². The van der Waals surface area contributed by atoms with Gasteiger partial charge in [-0.3, -0.25) is 0 Å². The van der Waals surface area contributed by atoms with E-state index in [-0.39, 0.29) is 6.04 Å². The smallest absolute Gasteiger partial charge is 0.243 e. The molecule has 16 heavy (non-hydrogen) atoms. The standard InChI is InChI=1S/C12H21N3O/c1-3-10(13)12-14-11(15-16-12)9-6-4-8(2)5-7-9/h8-10H,3-7,13H2,1-2H3/t8?,9?,10-/m1/s1. The number of nitrogens with two attached hydrogens (primary N) is 1. The van der Waals surface area contributed by atoms with Gasteiger partial charge in [0.25, 0.3) is 0 Å². The van der Waals surface area contributed by atoms with Gasteiger partial charge in [0.05, 0.1) is 6.04 Å². The molecule has 0 bridgehead atoms. The van der Waals surface area contributed by atoms with Crippen LogP contribution in [0.3, 0.4) is 0 Å². The highest BCUT2D eigenvalue weighted by Crippen LogP contribution is 2.34. The second-order valence-corrected chi connectivity index (χ2v) is 4.96. The summed E-state index contributed by atoms with van der Waals surface area (Å²) in [6.07, 6.45) is 5.75. The summed E-state index contributed by atoms with van der Waals surface area (Å²) in [5, 5.41) is 4.07. The van der Waals surface area contributed by atoms with Crippen LogP contribution in [0.2, 0.25) is 0 Å². The average Bonchev–Trinajstić information content (AvgIpc) is 2.78. The van der Waals surface area contributed by atoms with Crippen molar-refractivity contribution in [3.05, 3.63) is 11.7 Å². The first kappa shape index (κ1) is 11.6. The Hall–Kier alpha value is -0.900. The molecule has 0 radical (unpaired) electrons. The molecule has 1 fully saturated rings. The van der Waals surface area contributed by atoms with Gasteiger partial charge >= 0.3 is 0 Å². The third-order valence-electron chi connectivity index (χ3n) is 3.60. The van der Waals surface area contributed by atoms with Crippen LogP contribution in [0.1, 0.15) is 69.6 Å². The zero-order chi connectivity index (χ0) is 11.5. The summed E-state index contributed by atoms with van der Waals surface area (Å²) in [7, 11) is 0. The molecule has 4 heteroatoms. The lowest BCUT2D eigenvalue weighted by molar-refractivity contribution is 0.318. The molecule has 1 heterocycles. The van der Waals surface area contributed by atoms with E-state index in [2.05, 4.69) is 17.1 Å². The number of aromatic nitrogens is 2. The monoisotopic (exact) mass is 223 g/mol. The van der Waals surface area contributed by atoms with E-state index in [1.165, 1.54) is 25.7 Å². The second kappa shape index (κ2) is 4.95. The lowest BCUT2D eigenvalue weighted by Crippen LogP contribution is -2.13. The predicted molar refractivity (Wildman–Crippen MR) is 61.9 cm³/mol. The van der Waals surface area contributed by atoms with Crippen LogP contribution in [0, 0.1) is 5.92 Å². The Balaban J connectivity index is 2.01. The summed E-state index contributed by atoms with van der Waals surface area (Å²) < 4.78 is 5.21. The van der Waals surface area contributed by atoms with Crippen molar-refractivity contribution in [1.82, 2.24) is 10.1 Å². The Kier molecular flexibility index (Phi) is 3.59. The minimum atomic E-state index is -0.108. The minimum absolute atomic E-state index is 0.108. The van der Waals surface area contributed by atoms with Gasteiger partial charge in [-0.15, -0.1) is 0 Å². The van der Waals surface area contributed by atoms with Crippen LogP contribution in [0.25, 0.3) is 0 Å². The molecule has 1 aromatic heterocycles. The molecule has 1 aliphatic carbocycles. The number of nitrogens with zero attached hydrogens (tertiary/aromatic N) is 2. The van der Waals surface area contributed by atoms with Gasteiger partial charge in [-0.1, -0.05) is 31.8 Å². The number of hydrogen-bond acceptors (Lipinski definition) is 4. The number of rotatable bonds is 3. The molecule has 0 spiro atoms. The Bertz CT molecular complexity index is 329. The molecule has 0 amide bonds. The Morgan fingerprint density at radius 2 is 2.06 bits per heavy atom. The fraction of sp³-hybridized carbons (Fsp3) is 0.833. The Morgan fingerprint density at radius 3 is 2.69 bits per heavy atom. The molecular weight excluding hydrogens is 202 g/mol. The summed E-state index contributed by atoms with van der Waals surface area (Å²) in [5.74, 6) is 2.79.